The first-order valence-electron chi connectivity index (χ1n) is 9.08. The van der Waals surface area contributed by atoms with Gasteiger partial charge in [-0.1, -0.05) is 30.3 Å². The first kappa shape index (κ1) is 19.5. The normalized spacial score (nSPS) is 17.6. The van der Waals surface area contributed by atoms with Crippen LogP contribution >= 0.6 is 0 Å². The van der Waals surface area contributed by atoms with E-state index in [1.807, 2.05) is 0 Å². The van der Waals surface area contributed by atoms with Crippen LogP contribution in [0.2, 0.25) is 0 Å². The first-order valence-corrected chi connectivity index (χ1v) is 9.08. The third-order valence-electron chi connectivity index (χ3n) is 4.84. The summed E-state index contributed by atoms with van der Waals surface area (Å²) in [7, 11) is 0. The number of likely N-dealkylation sites (tertiary alicyclic amines) is 1. The third kappa shape index (κ3) is 4.54. The average molecular weight is 384 g/mol. The van der Waals surface area contributed by atoms with Crippen molar-refractivity contribution in [3.63, 3.8) is 0 Å². The maximum Gasteiger partial charge on any atom is 0.330 e. The van der Waals surface area contributed by atoms with Gasteiger partial charge in [-0.05, 0) is 42.7 Å². The van der Waals surface area contributed by atoms with E-state index in [0.29, 0.717) is 30.5 Å². The van der Waals surface area contributed by atoms with Gasteiger partial charge in [0, 0.05) is 18.7 Å². The molecule has 1 aliphatic rings. The van der Waals surface area contributed by atoms with Crippen LogP contribution < -0.4 is 5.32 Å². The van der Waals surface area contributed by atoms with Crippen molar-refractivity contribution in [2.45, 2.75) is 18.9 Å². The van der Waals surface area contributed by atoms with E-state index in [2.05, 4.69) is 5.32 Å². The fraction of sp³-hybridized carbons (Fsp3) is 0.286. The minimum absolute atomic E-state index is 0.198. The van der Waals surface area contributed by atoms with Crippen LogP contribution in [0.4, 0.5) is 4.39 Å². The van der Waals surface area contributed by atoms with Crippen LogP contribution in [0.3, 0.4) is 0 Å². The van der Waals surface area contributed by atoms with E-state index in [4.69, 9.17) is 0 Å². The van der Waals surface area contributed by atoms with Crippen molar-refractivity contribution in [1.29, 1.82) is 0 Å². The van der Waals surface area contributed by atoms with E-state index < -0.39 is 29.7 Å². The number of nitrogens with one attached hydrogen (secondary N) is 1. The molecule has 2 aromatic rings. The summed E-state index contributed by atoms with van der Waals surface area (Å²) in [5.74, 6) is -2.73. The number of piperidine rings is 1. The van der Waals surface area contributed by atoms with Gasteiger partial charge in [-0.3, -0.25) is 9.59 Å². The molecule has 1 heterocycles. The Labute approximate surface area is 162 Å². The highest BCUT2D eigenvalue weighted by Crippen LogP contribution is 2.21. The zero-order valence-electron chi connectivity index (χ0n) is 15.2. The minimum Gasteiger partial charge on any atom is -0.479 e. The highest BCUT2D eigenvalue weighted by atomic mass is 19.1. The Bertz CT molecular complexity index is 854. The lowest BCUT2D eigenvalue weighted by molar-refractivity contribution is -0.143. The summed E-state index contributed by atoms with van der Waals surface area (Å²) in [6.45, 7) is 0.699. The summed E-state index contributed by atoms with van der Waals surface area (Å²) < 4.78 is 13.1. The Morgan fingerprint density at radius 3 is 2.39 bits per heavy atom. The van der Waals surface area contributed by atoms with Gasteiger partial charge in [-0.15, -0.1) is 0 Å². The number of carbonyl (C=O) groups excluding carboxylic acids is 2. The molecule has 2 atom stereocenters. The average Bonchev–Trinajstić information content (AvgIpc) is 2.72. The van der Waals surface area contributed by atoms with E-state index in [1.165, 1.54) is 24.3 Å². The number of hydrogen-bond donors (Lipinski definition) is 2. The summed E-state index contributed by atoms with van der Waals surface area (Å²) in [6.07, 6.45) is 1.20. The van der Waals surface area contributed by atoms with Crippen molar-refractivity contribution in [2.75, 3.05) is 13.1 Å². The van der Waals surface area contributed by atoms with Crippen molar-refractivity contribution >= 4 is 17.8 Å². The molecular formula is C21H21FN2O4. The number of hydrogen-bond acceptors (Lipinski definition) is 3. The van der Waals surface area contributed by atoms with E-state index in [-0.39, 0.29) is 12.5 Å². The predicted molar refractivity (Wildman–Crippen MR) is 100.0 cm³/mol. The number of aliphatic carboxylic acids is 1. The Hall–Kier alpha value is -3.22. The lowest BCUT2D eigenvalue weighted by Gasteiger charge is -2.32. The number of halogens is 1. The fourth-order valence-corrected chi connectivity index (χ4v) is 3.34. The van der Waals surface area contributed by atoms with Crippen molar-refractivity contribution in [1.82, 2.24) is 10.2 Å². The molecule has 2 aromatic carbocycles. The monoisotopic (exact) mass is 384 g/mol. The third-order valence-corrected chi connectivity index (χ3v) is 4.84. The standard InChI is InChI=1S/C21H21FN2O4/c22-17-10-8-15(9-11-17)20(26)24-12-4-7-16(13-24)19(25)23-18(21(27)28)14-5-2-1-3-6-14/h1-3,5-6,8-11,16,18H,4,7,12-13H2,(H,23,25)(H,27,28). The van der Waals surface area contributed by atoms with Crippen molar-refractivity contribution in [3.05, 3.63) is 71.5 Å². The van der Waals surface area contributed by atoms with Gasteiger partial charge in [-0.2, -0.15) is 0 Å². The molecule has 0 bridgehead atoms. The quantitative estimate of drug-likeness (QED) is 0.830. The Balaban J connectivity index is 1.67. The lowest BCUT2D eigenvalue weighted by Crippen LogP contribution is -2.47. The van der Waals surface area contributed by atoms with Crippen LogP contribution in [-0.2, 0) is 9.59 Å². The molecule has 0 aliphatic carbocycles. The molecular weight excluding hydrogens is 363 g/mol. The molecule has 1 aliphatic heterocycles. The topological polar surface area (TPSA) is 86.7 Å². The maximum atomic E-state index is 13.1. The molecule has 0 aromatic heterocycles. The van der Waals surface area contributed by atoms with Gasteiger partial charge in [0.25, 0.3) is 5.91 Å². The van der Waals surface area contributed by atoms with E-state index in [9.17, 15) is 23.9 Å². The molecule has 28 heavy (non-hydrogen) atoms. The van der Waals surface area contributed by atoms with E-state index in [1.54, 1.807) is 35.2 Å². The van der Waals surface area contributed by atoms with Crippen molar-refractivity contribution in [2.24, 2.45) is 5.92 Å². The summed E-state index contributed by atoms with van der Waals surface area (Å²) in [6, 6.07) is 12.6. The highest BCUT2D eigenvalue weighted by molar-refractivity contribution is 5.95. The largest absolute Gasteiger partial charge is 0.479 e. The Morgan fingerprint density at radius 2 is 1.75 bits per heavy atom. The van der Waals surface area contributed by atoms with Gasteiger partial charge in [0.1, 0.15) is 5.82 Å². The highest BCUT2D eigenvalue weighted by Gasteiger charge is 2.31. The zero-order chi connectivity index (χ0) is 20.1. The van der Waals surface area contributed by atoms with Gasteiger partial charge in [0.15, 0.2) is 6.04 Å². The SMILES string of the molecule is O=C(NC(C(=O)O)c1ccccc1)C1CCCN(C(=O)c2ccc(F)cc2)C1. The molecule has 2 unspecified atom stereocenters. The van der Waals surface area contributed by atoms with Gasteiger partial charge < -0.3 is 15.3 Å². The van der Waals surface area contributed by atoms with Crippen LogP contribution in [-0.4, -0.2) is 40.9 Å². The fourth-order valence-electron chi connectivity index (χ4n) is 3.34. The van der Waals surface area contributed by atoms with Crippen LogP contribution in [0.15, 0.2) is 54.6 Å². The molecule has 1 fully saturated rings. The molecule has 3 rings (SSSR count). The molecule has 0 radical (unpaired) electrons. The Kier molecular flexibility index (Phi) is 6.03. The number of benzene rings is 2. The first-order chi connectivity index (χ1) is 13.5. The molecule has 6 nitrogen and oxygen atoms in total. The van der Waals surface area contributed by atoms with Gasteiger partial charge in [-0.25, -0.2) is 9.18 Å². The molecule has 0 saturated carbocycles. The smallest absolute Gasteiger partial charge is 0.330 e. The van der Waals surface area contributed by atoms with Crippen LogP contribution in [0.1, 0.15) is 34.8 Å². The number of carboxylic acids is 1. The number of nitrogens with zero attached hydrogens (tertiary/aromatic N) is 1. The van der Waals surface area contributed by atoms with Crippen molar-refractivity contribution in [3.8, 4) is 0 Å². The van der Waals surface area contributed by atoms with Gasteiger partial charge in [0.2, 0.25) is 5.91 Å². The molecule has 146 valence electrons. The summed E-state index contributed by atoms with van der Waals surface area (Å²) in [4.78, 5) is 38.4. The van der Waals surface area contributed by atoms with Crippen LogP contribution in [0.5, 0.6) is 0 Å². The summed E-state index contributed by atoms with van der Waals surface area (Å²) in [5.41, 5.74) is 0.841. The molecule has 7 heteroatoms. The Morgan fingerprint density at radius 1 is 1.07 bits per heavy atom. The van der Waals surface area contributed by atoms with E-state index in [0.717, 1.165) is 0 Å². The lowest BCUT2D eigenvalue weighted by atomic mass is 9.95. The minimum atomic E-state index is -1.14. The second kappa shape index (κ2) is 8.65. The zero-order valence-corrected chi connectivity index (χ0v) is 15.2. The molecule has 1 saturated heterocycles. The number of rotatable bonds is 5. The maximum absolute atomic E-state index is 13.1. The van der Waals surface area contributed by atoms with Crippen molar-refractivity contribution < 1.29 is 23.9 Å². The van der Waals surface area contributed by atoms with Gasteiger partial charge in [0.05, 0.1) is 5.92 Å². The molecule has 0 spiro atoms. The predicted octanol–water partition coefficient (Wildman–Crippen LogP) is 2.62. The second-order valence-corrected chi connectivity index (χ2v) is 6.79. The molecule has 2 amide bonds. The van der Waals surface area contributed by atoms with E-state index >= 15 is 0 Å². The van der Waals surface area contributed by atoms with Gasteiger partial charge >= 0.3 is 5.97 Å². The van der Waals surface area contributed by atoms with Crippen LogP contribution in [0.25, 0.3) is 0 Å². The number of amides is 2. The number of carbonyl (C=O) groups is 3. The molecule has 2 N–H and O–H groups in total. The summed E-state index contributed by atoms with van der Waals surface area (Å²) in [5, 5.41) is 12.1. The van der Waals surface area contributed by atoms with Crippen LogP contribution in [0, 0.1) is 11.7 Å². The number of carboxylic acid groups (broad SMARTS) is 1. The second-order valence-electron chi connectivity index (χ2n) is 6.79. The summed E-state index contributed by atoms with van der Waals surface area (Å²) >= 11 is 0.